The minimum Gasteiger partial charge on any atom is -0.343 e. The van der Waals surface area contributed by atoms with Gasteiger partial charge >= 0.3 is 0 Å². The van der Waals surface area contributed by atoms with Gasteiger partial charge in [0, 0.05) is 26.1 Å². The average molecular weight is 281 g/mol. The van der Waals surface area contributed by atoms with Gasteiger partial charge in [0.05, 0.1) is 4.90 Å². The molecule has 0 unspecified atom stereocenters. The molecule has 5 nitrogen and oxygen atoms in total. The highest BCUT2D eigenvalue weighted by atomic mass is 32.2. The number of carbonyl (C=O) groups is 1. The van der Waals surface area contributed by atoms with Crippen LogP contribution in [0.25, 0.3) is 0 Å². The van der Waals surface area contributed by atoms with E-state index in [0.717, 1.165) is 13.0 Å². The highest BCUT2D eigenvalue weighted by molar-refractivity contribution is 7.89. The molecule has 6 heteroatoms. The summed E-state index contributed by atoms with van der Waals surface area (Å²) in [6.45, 7) is 1.74. The Kier molecular flexibility index (Phi) is 4.55. The molecule has 1 saturated heterocycles. The lowest BCUT2D eigenvalue weighted by atomic mass is 10.4. The SMILES string of the molecule is O=C1CCCN1CCCNS(=O)(=O)c1cc[c]cc1. The van der Waals surface area contributed by atoms with Crippen molar-refractivity contribution >= 4 is 15.9 Å². The van der Waals surface area contributed by atoms with Gasteiger partial charge in [-0.15, -0.1) is 0 Å². The van der Waals surface area contributed by atoms with Gasteiger partial charge in [0.1, 0.15) is 0 Å². The fourth-order valence-electron chi connectivity index (χ4n) is 2.05. The molecule has 1 amide bonds. The lowest BCUT2D eigenvalue weighted by Crippen LogP contribution is -2.30. The van der Waals surface area contributed by atoms with Gasteiger partial charge in [-0.05, 0) is 31.0 Å². The Hall–Kier alpha value is -1.40. The Morgan fingerprint density at radius 3 is 2.68 bits per heavy atom. The number of amides is 1. The van der Waals surface area contributed by atoms with Gasteiger partial charge in [-0.3, -0.25) is 4.79 Å². The maximum atomic E-state index is 11.9. The van der Waals surface area contributed by atoms with E-state index >= 15 is 0 Å². The van der Waals surface area contributed by atoms with E-state index in [1.54, 1.807) is 17.0 Å². The minimum atomic E-state index is -3.44. The first kappa shape index (κ1) is 14.0. The van der Waals surface area contributed by atoms with Crippen LogP contribution in [0, 0.1) is 6.07 Å². The third-order valence-corrected chi connectivity index (χ3v) is 4.54. The molecule has 0 aliphatic carbocycles. The van der Waals surface area contributed by atoms with Crippen molar-refractivity contribution in [2.24, 2.45) is 0 Å². The molecule has 1 aliphatic rings. The molecular weight excluding hydrogens is 264 g/mol. The summed E-state index contributed by atoms with van der Waals surface area (Å²) in [6.07, 6.45) is 2.15. The number of nitrogens with zero attached hydrogens (tertiary/aromatic N) is 1. The van der Waals surface area contributed by atoms with Crippen molar-refractivity contribution in [1.29, 1.82) is 0 Å². The Morgan fingerprint density at radius 2 is 2.05 bits per heavy atom. The van der Waals surface area contributed by atoms with Gasteiger partial charge < -0.3 is 4.90 Å². The second-order valence-electron chi connectivity index (χ2n) is 4.47. The lowest BCUT2D eigenvalue weighted by molar-refractivity contribution is -0.127. The first-order chi connectivity index (χ1) is 9.09. The molecule has 1 radical (unpaired) electrons. The van der Waals surface area contributed by atoms with Crippen molar-refractivity contribution in [1.82, 2.24) is 9.62 Å². The summed E-state index contributed by atoms with van der Waals surface area (Å²) in [5.41, 5.74) is 0. The maximum Gasteiger partial charge on any atom is 0.240 e. The van der Waals surface area contributed by atoms with E-state index in [0.29, 0.717) is 25.9 Å². The molecule has 1 N–H and O–H groups in total. The third kappa shape index (κ3) is 3.78. The molecule has 0 aromatic heterocycles. The van der Waals surface area contributed by atoms with Crippen LogP contribution in [0.15, 0.2) is 29.2 Å². The highest BCUT2D eigenvalue weighted by Crippen LogP contribution is 2.10. The van der Waals surface area contributed by atoms with Crippen LogP contribution in [-0.4, -0.2) is 38.9 Å². The molecule has 103 valence electrons. The number of hydrogen-bond acceptors (Lipinski definition) is 3. The van der Waals surface area contributed by atoms with E-state index in [9.17, 15) is 13.2 Å². The van der Waals surface area contributed by atoms with Crippen molar-refractivity contribution in [3.8, 4) is 0 Å². The van der Waals surface area contributed by atoms with Crippen LogP contribution in [0.1, 0.15) is 19.3 Å². The maximum absolute atomic E-state index is 11.9. The second kappa shape index (κ2) is 6.16. The minimum absolute atomic E-state index is 0.168. The Labute approximate surface area is 113 Å². The van der Waals surface area contributed by atoms with Gasteiger partial charge in [0.25, 0.3) is 0 Å². The molecule has 0 spiro atoms. The predicted octanol–water partition coefficient (Wildman–Crippen LogP) is 0.778. The topological polar surface area (TPSA) is 66.5 Å². The van der Waals surface area contributed by atoms with Crippen LogP contribution in [0.4, 0.5) is 0 Å². The van der Waals surface area contributed by atoms with Crippen molar-refractivity contribution < 1.29 is 13.2 Å². The number of rotatable bonds is 6. The molecule has 2 rings (SSSR count). The van der Waals surface area contributed by atoms with E-state index in [1.165, 1.54) is 12.1 Å². The van der Waals surface area contributed by atoms with Crippen LogP contribution in [0.2, 0.25) is 0 Å². The molecule has 1 aromatic carbocycles. The highest BCUT2D eigenvalue weighted by Gasteiger charge is 2.19. The Bertz CT molecular complexity index is 528. The van der Waals surface area contributed by atoms with Gasteiger partial charge in [-0.25, -0.2) is 13.1 Å². The molecule has 1 aromatic rings. The monoisotopic (exact) mass is 281 g/mol. The smallest absolute Gasteiger partial charge is 0.240 e. The number of likely N-dealkylation sites (tertiary alicyclic amines) is 1. The Morgan fingerprint density at radius 1 is 1.32 bits per heavy atom. The molecule has 19 heavy (non-hydrogen) atoms. The normalized spacial score (nSPS) is 16.0. The zero-order valence-electron chi connectivity index (χ0n) is 10.6. The zero-order chi connectivity index (χ0) is 13.7. The van der Waals surface area contributed by atoms with Crippen LogP contribution in [-0.2, 0) is 14.8 Å². The van der Waals surface area contributed by atoms with Crippen LogP contribution < -0.4 is 4.72 Å². The summed E-state index contributed by atoms with van der Waals surface area (Å²) in [5.74, 6) is 0.168. The lowest BCUT2D eigenvalue weighted by Gasteiger charge is -2.15. The summed E-state index contributed by atoms with van der Waals surface area (Å²) in [5, 5.41) is 0. The fourth-order valence-corrected chi connectivity index (χ4v) is 3.13. The van der Waals surface area contributed by atoms with E-state index in [2.05, 4.69) is 10.8 Å². The van der Waals surface area contributed by atoms with Gasteiger partial charge in [-0.2, -0.15) is 0 Å². The summed E-state index contributed by atoms with van der Waals surface area (Å²) >= 11 is 0. The molecular formula is C13H17N2O3S. The van der Waals surface area contributed by atoms with Gasteiger partial charge in [0.15, 0.2) is 0 Å². The first-order valence-electron chi connectivity index (χ1n) is 6.33. The number of benzene rings is 1. The molecule has 1 heterocycles. The van der Waals surface area contributed by atoms with Crippen molar-refractivity contribution in [3.63, 3.8) is 0 Å². The fraction of sp³-hybridized carbons (Fsp3) is 0.462. The standard InChI is InChI=1S/C13H17N2O3S/c16-13-8-4-10-15(13)11-5-9-14-19(17,18)12-6-2-1-3-7-12/h2-3,6-7,14H,4-5,8-11H2. The quantitative estimate of drug-likeness (QED) is 0.784. The number of sulfonamides is 1. The number of nitrogens with one attached hydrogen (secondary N) is 1. The molecule has 0 bridgehead atoms. The van der Waals surface area contributed by atoms with Gasteiger partial charge in [0.2, 0.25) is 15.9 Å². The predicted molar refractivity (Wildman–Crippen MR) is 70.9 cm³/mol. The van der Waals surface area contributed by atoms with Crippen molar-refractivity contribution in [2.45, 2.75) is 24.2 Å². The average Bonchev–Trinajstić information content (AvgIpc) is 2.81. The Balaban J connectivity index is 1.78. The summed E-state index contributed by atoms with van der Waals surface area (Å²) in [4.78, 5) is 13.4. The molecule has 1 aliphatic heterocycles. The summed E-state index contributed by atoms with van der Waals surface area (Å²) in [7, 11) is -3.44. The largest absolute Gasteiger partial charge is 0.343 e. The van der Waals surface area contributed by atoms with E-state index in [-0.39, 0.29) is 10.8 Å². The number of hydrogen-bond donors (Lipinski definition) is 1. The molecule has 1 fully saturated rings. The van der Waals surface area contributed by atoms with Crippen molar-refractivity contribution in [2.75, 3.05) is 19.6 Å². The van der Waals surface area contributed by atoms with E-state index in [4.69, 9.17) is 0 Å². The summed E-state index contributed by atoms with van der Waals surface area (Å²) in [6, 6.07) is 8.92. The van der Waals surface area contributed by atoms with Crippen molar-refractivity contribution in [3.05, 3.63) is 30.3 Å². The molecule has 0 saturated carbocycles. The summed E-state index contributed by atoms with van der Waals surface area (Å²) < 4.78 is 26.3. The van der Waals surface area contributed by atoms with Crippen LogP contribution in [0.5, 0.6) is 0 Å². The van der Waals surface area contributed by atoms with Crippen LogP contribution in [0.3, 0.4) is 0 Å². The van der Waals surface area contributed by atoms with Gasteiger partial charge in [-0.1, -0.05) is 12.1 Å². The molecule has 0 atom stereocenters. The number of carbonyl (C=O) groups excluding carboxylic acids is 1. The zero-order valence-corrected chi connectivity index (χ0v) is 11.4. The third-order valence-electron chi connectivity index (χ3n) is 3.07. The second-order valence-corrected chi connectivity index (χ2v) is 6.24. The van der Waals surface area contributed by atoms with E-state index in [1.807, 2.05) is 0 Å². The first-order valence-corrected chi connectivity index (χ1v) is 7.81. The van der Waals surface area contributed by atoms with Crippen LogP contribution >= 0.6 is 0 Å². The van der Waals surface area contributed by atoms with E-state index < -0.39 is 10.0 Å².